The molecular formula is C9H22ClNO3. The van der Waals surface area contributed by atoms with E-state index in [2.05, 4.69) is 0 Å². The van der Waals surface area contributed by atoms with Crippen LogP contribution in [-0.2, 0) is 4.74 Å². The Morgan fingerprint density at radius 1 is 1.14 bits per heavy atom. The summed E-state index contributed by atoms with van der Waals surface area (Å²) in [5.41, 5.74) is 0. The maximum atomic E-state index is 9.48. The highest BCUT2D eigenvalue weighted by Gasteiger charge is 2.15. The largest absolute Gasteiger partial charge is 1.00 e. The summed E-state index contributed by atoms with van der Waals surface area (Å²) in [6, 6.07) is 0. The molecule has 0 aliphatic heterocycles. The summed E-state index contributed by atoms with van der Waals surface area (Å²) in [6.07, 6.45) is -0.921. The van der Waals surface area contributed by atoms with E-state index in [4.69, 9.17) is 9.84 Å². The highest BCUT2D eigenvalue weighted by atomic mass is 35.5. The zero-order chi connectivity index (χ0) is 10.5. The molecule has 0 aromatic heterocycles. The molecule has 0 fully saturated rings. The van der Waals surface area contributed by atoms with Crippen LogP contribution in [0.25, 0.3) is 0 Å². The van der Waals surface area contributed by atoms with Crippen molar-refractivity contribution in [3.05, 3.63) is 0 Å². The van der Waals surface area contributed by atoms with Crippen LogP contribution in [-0.4, -0.2) is 67.8 Å². The molecule has 0 saturated heterocycles. The van der Waals surface area contributed by atoms with Gasteiger partial charge >= 0.3 is 0 Å². The van der Waals surface area contributed by atoms with Crippen molar-refractivity contribution in [2.75, 3.05) is 40.9 Å². The maximum absolute atomic E-state index is 9.48. The zero-order valence-electron chi connectivity index (χ0n) is 9.40. The Labute approximate surface area is 92.5 Å². The molecule has 2 unspecified atom stereocenters. The van der Waals surface area contributed by atoms with Crippen molar-refractivity contribution in [3.8, 4) is 0 Å². The Kier molecular flexibility index (Phi) is 8.78. The second-order valence-electron chi connectivity index (χ2n) is 4.51. The molecule has 0 heterocycles. The van der Waals surface area contributed by atoms with E-state index < -0.39 is 12.2 Å². The van der Waals surface area contributed by atoms with Crippen molar-refractivity contribution in [2.24, 2.45) is 0 Å². The molecule has 14 heavy (non-hydrogen) atoms. The molecular weight excluding hydrogens is 206 g/mol. The Morgan fingerprint density at radius 3 is 2.00 bits per heavy atom. The molecule has 2 N–H and O–H groups in total. The topological polar surface area (TPSA) is 49.7 Å². The van der Waals surface area contributed by atoms with E-state index >= 15 is 0 Å². The van der Waals surface area contributed by atoms with Crippen molar-refractivity contribution in [3.63, 3.8) is 0 Å². The first kappa shape index (κ1) is 16.6. The highest BCUT2D eigenvalue weighted by molar-refractivity contribution is 4.52. The molecule has 0 saturated carbocycles. The summed E-state index contributed by atoms with van der Waals surface area (Å²) in [4.78, 5) is 0. The Bertz CT molecular complexity index is 137. The van der Waals surface area contributed by atoms with Gasteiger partial charge in [-0.05, 0) is 6.92 Å². The molecule has 0 aromatic rings. The number of likely N-dealkylation sites (N-methyl/N-ethyl adjacent to an activating group) is 1. The van der Waals surface area contributed by atoms with E-state index in [0.717, 1.165) is 0 Å². The average molecular weight is 228 g/mol. The molecule has 0 radical (unpaired) electrons. The first-order valence-corrected chi connectivity index (χ1v) is 4.55. The molecule has 0 amide bonds. The van der Waals surface area contributed by atoms with Gasteiger partial charge in [0.15, 0.2) is 0 Å². The Balaban J connectivity index is 0. The van der Waals surface area contributed by atoms with Gasteiger partial charge in [-0.1, -0.05) is 0 Å². The second kappa shape index (κ2) is 7.43. The van der Waals surface area contributed by atoms with E-state index in [9.17, 15) is 5.11 Å². The van der Waals surface area contributed by atoms with Crippen LogP contribution >= 0.6 is 0 Å². The lowest BCUT2D eigenvalue weighted by Crippen LogP contribution is -3.00. The molecule has 0 spiro atoms. The van der Waals surface area contributed by atoms with E-state index in [1.807, 2.05) is 21.1 Å². The predicted molar refractivity (Wildman–Crippen MR) is 51.4 cm³/mol. The fourth-order valence-corrected chi connectivity index (χ4v) is 1.06. The third-order valence-corrected chi connectivity index (χ3v) is 1.43. The summed E-state index contributed by atoms with van der Waals surface area (Å²) in [5, 5.41) is 18.4. The number of halogens is 1. The molecule has 0 aromatic carbocycles. The zero-order valence-corrected chi connectivity index (χ0v) is 10.2. The van der Waals surface area contributed by atoms with Gasteiger partial charge in [0.05, 0.1) is 40.5 Å². The van der Waals surface area contributed by atoms with Crippen molar-refractivity contribution in [1.29, 1.82) is 0 Å². The molecule has 88 valence electrons. The lowest BCUT2D eigenvalue weighted by Gasteiger charge is -2.26. The van der Waals surface area contributed by atoms with Crippen LogP contribution in [0, 0.1) is 0 Å². The third-order valence-electron chi connectivity index (χ3n) is 1.43. The normalized spacial score (nSPS) is 15.9. The van der Waals surface area contributed by atoms with E-state index in [-0.39, 0.29) is 19.0 Å². The van der Waals surface area contributed by atoms with E-state index in [1.54, 1.807) is 6.92 Å². The Morgan fingerprint density at radius 2 is 1.64 bits per heavy atom. The smallest absolute Gasteiger partial charge is 0.126 e. The lowest BCUT2D eigenvalue weighted by molar-refractivity contribution is -0.873. The van der Waals surface area contributed by atoms with Crippen LogP contribution in [0.5, 0.6) is 0 Å². The van der Waals surface area contributed by atoms with Crippen molar-refractivity contribution in [1.82, 2.24) is 0 Å². The standard InChI is InChI=1S/C9H22NO3.ClH/c1-8(11)6-13-7-9(12)5-10(2,3)4;/h8-9,11-12H,5-7H2,1-4H3;1H/q+1;/p-1. The number of nitrogens with zero attached hydrogens (tertiary/aromatic N) is 1. The number of rotatable bonds is 6. The van der Waals surface area contributed by atoms with Gasteiger partial charge in [-0.2, -0.15) is 0 Å². The van der Waals surface area contributed by atoms with E-state index in [1.165, 1.54) is 0 Å². The minimum Gasteiger partial charge on any atom is -1.00 e. The van der Waals surface area contributed by atoms with Gasteiger partial charge in [-0.3, -0.25) is 0 Å². The summed E-state index contributed by atoms with van der Waals surface area (Å²) in [5.74, 6) is 0. The molecule has 0 aliphatic carbocycles. The number of quaternary nitrogens is 1. The number of hydrogen-bond acceptors (Lipinski definition) is 3. The van der Waals surface area contributed by atoms with Crippen molar-refractivity contribution in [2.45, 2.75) is 19.1 Å². The van der Waals surface area contributed by atoms with Gasteiger partial charge in [0.1, 0.15) is 12.6 Å². The molecule has 0 rings (SSSR count). The fourth-order valence-electron chi connectivity index (χ4n) is 1.06. The summed E-state index contributed by atoms with van der Waals surface area (Å²) in [7, 11) is 6.04. The monoisotopic (exact) mass is 227 g/mol. The summed E-state index contributed by atoms with van der Waals surface area (Å²) >= 11 is 0. The molecule has 0 aliphatic rings. The van der Waals surface area contributed by atoms with Crippen LogP contribution in [0.15, 0.2) is 0 Å². The maximum Gasteiger partial charge on any atom is 0.126 e. The predicted octanol–water partition coefficient (Wildman–Crippen LogP) is -3.55. The van der Waals surface area contributed by atoms with E-state index in [0.29, 0.717) is 17.6 Å². The number of aliphatic hydroxyl groups is 2. The van der Waals surface area contributed by atoms with Crippen LogP contribution < -0.4 is 12.4 Å². The number of ether oxygens (including phenoxy) is 1. The highest BCUT2D eigenvalue weighted by Crippen LogP contribution is 1.96. The van der Waals surface area contributed by atoms with Gasteiger partial charge in [-0.25, -0.2) is 0 Å². The fraction of sp³-hybridized carbons (Fsp3) is 1.00. The second-order valence-corrected chi connectivity index (χ2v) is 4.51. The van der Waals surface area contributed by atoms with Gasteiger partial charge in [0.25, 0.3) is 0 Å². The number of hydrogen-bond donors (Lipinski definition) is 2. The van der Waals surface area contributed by atoms with Crippen LogP contribution in [0.3, 0.4) is 0 Å². The quantitative estimate of drug-likeness (QED) is 0.462. The molecule has 5 heteroatoms. The van der Waals surface area contributed by atoms with Crippen LogP contribution in [0.4, 0.5) is 0 Å². The first-order valence-electron chi connectivity index (χ1n) is 4.55. The minimum absolute atomic E-state index is 0. The molecule has 0 bridgehead atoms. The molecule has 2 atom stereocenters. The van der Waals surface area contributed by atoms with Crippen LogP contribution in [0.2, 0.25) is 0 Å². The van der Waals surface area contributed by atoms with Crippen LogP contribution in [0.1, 0.15) is 6.92 Å². The van der Waals surface area contributed by atoms with Gasteiger partial charge < -0.3 is 31.8 Å². The molecule has 4 nitrogen and oxygen atoms in total. The summed E-state index contributed by atoms with van der Waals surface area (Å²) < 4.78 is 5.80. The van der Waals surface area contributed by atoms with Crippen molar-refractivity contribution >= 4 is 0 Å². The van der Waals surface area contributed by atoms with Gasteiger partial charge in [-0.15, -0.1) is 0 Å². The SMILES string of the molecule is CC(O)COCC(O)C[N+](C)(C)C.[Cl-]. The Hall–Kier alpha value is 0.130. The van der Waals surface area contributed by atoms with Gasteiger partial charge in [0, 0.05) is 0 Å². The summed E-state index contributed by atoms with van der Waals surface area (Å²) in [6.45, 7) is 2.89. The van der Waals surface area contributed by atoms with Gasteiger partial charge in [0.2, 0.25) is 0 Å². The number of aliphatic hydroxyl groups excluding tert-OH is 2. The third kappa shape index (κ3) is 12.1. The average Bonchev–Trinajstić information content (AvgIpc) is 1.81. The minimum atomic E-state index is -0.462. The van der Waals surface area contributed by atoms with Crippen molar-refractivity contribution < 1.29 is 31.8 Å². The first-order chi connectivity index (χ1) is 5.81. The lowest BCUT2D eigenvalue weighted by atomic mass is 10.3.